The van der Waals surface area contributed by atoms with Gasteiger partial charge in [-0.3, -0.25) is 4.72 Å². The maximum atomic E-state index is 13.1. The number of aryl methyl sites for hydroxylation is 1. The molecule has 0 aliphatic heterocycles. The maximum Gasteiger partial charge on any atom is 0.341 e. The third kappa shape index (κ3) is 3.70. The molecule has 1 aliphatic carbocycles. The summed E-state index contributed by atoms with van der Waals surface area (Å²) in [6.07, 6.45) is 3.63. The lowest BCUT2D eigenvalue weighted by Gasteiger charge is -2.12. The second-order valence-corrected chi connectivity index (χ2v) is 9.67. The van der Waals surface area contributed by atoms with Gasteiger partial charge < -0.3 is 9.47 Å². The average Bonchev–Trinajstić information content (AvgIpc) is 3.09. The van der Waals surface area contributed by atoms with Crippen LogP contribution in [0.4, 0.5) is 5.00 Å². The quantitative estimate of drug-likeness (QED) is 0.607. The number of sulfonamides is 1. The van der Waals surface area contributed by atoms with Crippen molar-refractivity contribution in [2.24, 2.45) is 0 Å². The van der Waals surface area contributed by atoms with Gasteiger partial charge in [0.1, 0.15) is 10.8 Å². The fourth-order valence-electron chi connectivity index (χ4n) is 3.63. The van der Waals surface area contributed by atoms with Gasteiger partial charge in [0.05, 0.1) is 24.7 Å². The summed E-state index contributed by atoms with van der Waals surface area (Å²) in [6, 6.07) is 10.4. The summed E-state index contributed by atoms with van der Waals surface area (Å²) in [5.41, 5.74) is 1.26. The van der Waals surface area contributed by atoms with E-state index in [4.69, 9.17) is 9.47 Å². The Morgan fingerprint density at radius 2 is 1.76 bits per heavy atom. The fourth-order valence-corrected chi connectivity index (χ4v) is 6.25. The molecule has 1 N–H and O–H groups in total. The maximum absolute atomic E-state index is 13.1. The number of ether oxygens (including phenoxy) is 2. The van der Waals surface area contributed by atoms with Crippen molar-refractivity contribution < 1.29 is 22.7 Å². The number of rotatable bonds is 5. The second kappa shape index (κ2) is 7.68. The molecule has 152 valence electrons. The van der Waals surface area contributed by atoms with Crippen molar-refractivity contribution in [2.45, 2.75) is 30.6 Å². The minimum absolute atomic E-state index is 0.136. The van der Waals surface area contributed by atoms with Crippen LogP contribution in [0.5, 0.6) is 5.75 Å². The fraction of sp³-hybridized carbons (Fsp3) is 0.286. The average molecular weight is 432 g/mol. The molecule has 0 bridgehead atoms. The lowest BCUT2D eigenvalue weighted by molar-refractivity contribution is 0.0601. The van der Waals surface area contributed by atoms with Gasteiger partial charge in [-0.15, -0.1) is 11.3 Å². The molecule has 0 unspecified atom stereocenters. The van der Waals surface area contributed by atoms with E-state index in [0.29, 0.717) is 16.3 Å². The van der Waals surface area contributed by atoms with Gasteiger partial charge in [-0.2, -0.15) is 0 Å². The number of esters is 1. The highest BCUT2D eigenvalue weighted by atomic mass is 32.2. The number of hydrogen-bond acceptors (Lipinski definition) is 6. The third-order valence-corrected chi connectivity index (χ3v) is 7.80. The molecule has 0 fully saturated rings. The molecule has 0 amide bonds. The first-order valence-electron chi connectivity index (χ1n) is 9.26. The highest BCUT2D eigenvalue weighted by Gasteiger charge is 2.28. The van der Waals surface area contributed by atoms with Crippen molar-refractivity contribution in [3.05, 3.63) is 52.4 Å². The van der Waals surface area contributed by atoms with Crippen LogP contribution in [0.15, 0.2) is 41.3 Å². The molecule has 0 saturated heterocycles. The summed E-state index contributed by atoms with van der Waals surface area (Å²) in [4.78, 5) is 13.6. The van der Waals surface area contributed by atoms with Gasteiger partial charge in [-0.25, -0.2) is 13.2 Å². The van der Waals surface area contributed by atoms with Crippen molar-refractivity contribution in [3.8, 4) is 5.75 Å². The van der Waals surface area contributed by atoms with Gasteiger partial charge in [0, 0.05) is 4.88 Å². The molecule has 1 heterocycles. The summed E-state index contributed by atoms with van der Waals surface area (Å²) in [6.45, 7) is 0. The molecule has 0 saturated carbocycles. The molecular weight excluding hydrogens is 410 g/mol. The SMILES string of the molecule is COC(=O)c1c(NS(=O)(=O)c2ccc3cc(OC)ccc3c2)sc2c1CCCC2. The van der Waals surface area contributed by atoms with Gasteiger partial charge in [-0.1, -0.05) is 12.1 Å². The van der Waals surface area contributed by atoms with Crippen molar-refractivity contribution >= 4 is 43.1 Å². The van der Waals surface area contributed by atoms with E-state index in [9.17, 15) is 13.2 Å². The Morgan fingerprint density at radius 3 is 2.52 bits per heavy atom. The van der Waals surface area contributed by atoms with Gasteiger partial charge >= 0.3 is 5.97 Å². The predicted octanol–water partition coefficient (Wildman–Crippen LogP) is 4.38. The zero-order valence-corrected chi connectivity index (χ0v) is 17.8. The van der Waals surface area contributed by atoms with Gasteiger partial charge in [0.15, 0.2) is 0 Å². The minimum atomic E-state index is -3.86. The monoisotopic (exact) mass is 431 g/mol. The van der Waals surface area contributed by atoms with Crippen LogP contribution < -0.4 is 9.46 Å². The second-order valence-electron chi connectivity index (χ2n) is 6.89. The molecule has 8 heteroatoms. The van der Waals surface area contributed by atoms with E-state index < -0.39 is 16.0 Å². The number of carbonyl (C=O) groups excluding carboxylic acids is 1. The van der Waals surface area contributed by atoms with Gasteiger partial charge in [0.2, 0.25) is 0 Å². The first-order valence-corrected chi connectivity index (χ1v) is 11.6. The summed E-state index contributed by atoms with van der Waals surface area (Å²) < 4.78 is 38.9. The Labute approximate surface area is 173 Å². The number of nitrogens with one attached hydrogen (secondary N) is 1. The molecule has 4 rings (SSSR count). The first kappa shape index (κ1) is 19.7. The largest absolute Gasteiger partial charge is 0.497 e. The molecule has 1 aliphatic rings. The highest BCUT2D eigenvalue weighted by Crippen LogP contribution is 2.39. The van der Waals surface area contributed by atoms with Crippen LogP contribution in [-0.2, 0) is 27.6 Å². The van der Waals surface area contributed by atoms with E-state index in [1.165, 1.54) is 18.4 Å². The normalized spacial score (nSPS) is 13.7. The molecule has 0 radical (unpaired) electrons. The zero-order chi connectivity index (χ0) is 20.6. The first-order chi connectivity index (χ1) is 13.9. The molecule has 1 aromatic heterocycles. The smallest absolute Gasteiger partial charge is 0.341 e. The van der Waals surface area contributed by atoms with Crippen molar-refractivity contribution in [1.82, 2.24) is 0 Å². The zero-order valence-electron chi connectivity index (χ0n) is 16.2. The van der Waals surface area contributed by atoms with E-state index in [1.54, 1.807) is 31.4 Å². The molecule has 0 atom stereocenters. The summed E-state index contributed by atoms with van der Waals surface area (Å²) in [7, 11) is -0.965. The Morgan fingerprint density at radius 1 is 1.03 bits per heavy atom. The standard InChI is InChI=1S/C21H21NO5S2/c1-26-15-9-7-14-12-16(10-8-13(14)11-15)29(24,25)22-20-19(21(23)27-2)17-5-3-4-6-18(17)28-20/h7-12,22H,3-6H2,1-2H3. The highest BCUT2D eigenvalue weighted by molar-refractivity contribution is 7.93. The number of hydrogen-bond donors (Lipinski definition) is 1. The summed E-state index contributed by atoms with van der Waals surface area (Å²) in [5.74, 6) is 0.200. The van der Waals surface area contributed by atoms with Crippen molar-refractivity contribution in [2.75, 3.05) is 18.9 Å². The summed E-state index contributed by atoms with van der Waals surface area (Å²) in [5, 5.41) is 2.00. The third-order valence-electron chi connectivity index (χ3n) is 5.12. The van der Waals surface area contributed by atoms with Crippen LogP contribution in [0.3, 0.4) is 0 Å². The summed E-state index contributed by atoms with van der Waals surface area (Å²) >= 11 is 1.33. The van der Waals surface area contributed by atoms with E-state index in [2.05, 4.69) is 4.72 Å². The van der Waals surface area contributed by atoms with Crippen LogP contribution in [0.2, 0.25) is 0 Å². The number of thiophene rings is 1. The van der Waals surface area contributed by atoms with Crippen LogP contribution in [0.1, 0.15) is 33.6 Å². The molecular formula is C21H21NO5S2. The van der Waals surface area contributed by atoms with Crippen molar-refractivity contribution in [1.29, 1.82) is 0 Å². The van der Waals surface area contributed by atoms with Gasteiger partial charge in [-0.05, 0) is 66.3 Å². The topological polar surface area (TPSA) is 81.7 Å². The number of benzene rings is 2. The van der Waals surface area contributed by atoms with Crippen LogP contribution in [0, 0.1) is 0 Å². The van der Waals surface area contributed by atoms with E-state index in [-0.39, 0.29) is 4.90 Å². The molecule has 29 heavy (non-hydrogen) atoms. The van der Waals surface area contributed by atoms with Crippen molar-refractivity contribution in [3.63, 3.8) is 0 Å². The number of anilines is 1. The Kier molecular flexibility index (Phi) is 5.23. The number of methoxy groups -OCH3 is 2. The molecule has 3 aromatic rings. The molecule has 2 aromatic carbocycles. The van der Waals surface area contributed by atoms with Crippen LogP contribution in [0.25, 0.3) is 10.8 Å². The lowest BCUT2D eigenvalue weighted by Crippen LogP contribution is -2.15. The minimum Gasteiger partial charge on any atom is -0.497 e. The van der Waals surface area contributed by atoms with E-state index in [0.717, 1.165) is 46.9 Å². The number of fused-ring (bicyclic) bond motifs is 2. The Balaban J connectivity index is 1.73. The predicted molar refractivity (Wildman–Crippen MR) is 114 cm³/mol. The van der Waals surface area contributed by atoms with Gasteiger partial charge in [0.25, 0.3) is 10.0 Å². The van der Waals surface area contributed by atoms with Crippen LogP contribution in [-0.4, -0.2) is 28.6 Å². The molecule has 0 spiro atoms. The Bertz CT molecular complexity index is 1200. The van der Waals surface area contributed by atoms with E-state index >= 15 is 0 Å². The Hall–Kier alpha value is -2.58. The van der Waals surface area contributed by atoms with E-state index in [1.807, 2.05) is 12.1 Å². The number of carbonyl (C=O) groups is 1. The van der Waals surface area contributed by atoms with Crippen LogP contribution >= 0.6 is 11.3 Å². The molecule has 6 nitrogen and oxygen atoms in total. The lowest BCUT2D eigenvalue weighted by atomic mass is 9.95.